The van der Waals surface area contributed by atoms with E-state index in [0.717, 1.165) is 29.7 Å². The van der Waals surface area contributed by atoms with Crippen LogP contribution in [0.1, 0.15) is 42.9 Å². The number of hydrogen-bond donors (Lipinski definition) is 2. The average molecular weight is 343 g/mol. The zero-order valence-corrected chi connectivity index (χ0v) is 14.6. The van der Waals surface area contributed by atoms with Gasteiger partial charge in [-0.05, 0) is 43.0 Å². The molecule has 0 saturated heterocycles. The molecule has 1 atom stereocenters. The van der Waals surface area contributed by atoms with Crippen LogP contribution >= 0.6 is 11.6 Å². The van der Waals surface area contributed by atoms with Crippen LogP contribution in [0.4, 0.5) is 5.69 Å². The molecule has 3 nitrogen and oxygen atoms in total. The maximum Gasteiger partial charge on any atom is 0.246 e. The number of nitrogens with one attached hydrogen (secondary N) is 2. The highest BCUT2D eigenvalue weighted by Gasteiger charge is 2.25. The number of carbonyl (C=O) groups is 1. The topological polar surface area (TPSA) is 41.1 Å². The third kappa shape index (κ3) is 4.16. The molecular formula is C20H23ClN2O. The first-order chi connectivity index (χ1) is 11.6. The van der Waals surface area contributed by atoms with Crippen LogP contribution in [0.15, 0.2) is 48.5 Å². The number of rotatable bonds is 5. The van der Waals surface area contributed by atoms with E-state index in [0.29, 0.717) is 11.1 Å². The lowest BCUT2D eigenvalue weighted by Gasteiger charge is -2.23. The number of halogens is 1. The number of hydrogen-bond acceptors (Lipinski definition) is 2. The number of carbonyl (C=O) groups excluding carboxylic acids is 1. The van der Waals surface area contributed by atoms with Gasteiger partial charge in [0.25, 0.3) is 0 Å². The van der Waals surface area contributed by atoms with E-state index in [2.05, 4.69) is 10.6 Å². The molecule has 0 bridgehead atoms. The minimum Gasteiger partial charge on any atom is -0.324 e. The maximum absolute atomic E-state index is 12.9. The van der Waals surface area contributed by atoms with Crippen LogP contribution in [-0.4, -0.2) is 11.9 Å². The fourth-order valence-electron chi connectivity index (χ4n) is 3.18. The predicted octanol–water partition coefficient (Wildman–Crippen LogP) is 4.86. The van der Waals surface area contributed by atoms with Crippen LogP contribution in [0.3, 0.4) is 0 Å². The van der Waals surface area contributed by atoms with Crippen molar-refractivity contribution in [1.82, 2.24) is 5.32 Å². The zero-order chi connectivity index (χ0) is 16.9. The van der Waals surface area contributed by atoms with Crippen molar-refractivity contribution >= 4 is 23.2 Å². The zero-order valence-electron chi connectivity index (χ0n) is 13.9. The van der Waals surface area contributed by atoms with Crippen molar-refractivity contribution in [3.63, 3.8) is 0 Å². The molecule has 1 aliphatic rings. The van der Waals surface area contributed by atoms with Gasteiger partial charge in [0, 0.05) is 16.8 Å². The van der Waals surface area contributed by atoms with E-state index in [9.17, 15) is 4.79 Å². The van der Waals surface area contributed by atoms with Crippen molar-refractivity contribution in [3.05, 3.63) is 64.7 Å². The van der Waals surface area contributed by atoms with Gasteiger partial charge in [-0.2, -0.15) is 0 Å². The monoisotopic (exact) mass is 342 g/mol. The summed E-state index contributed by atoms with van der Waals surface area (Å²) in [6.07, 6.45) is 4.72. The molecule has 0 aromatic heterocycles. The van der Waals surface area contributed by atoms with E-state index in [1.165, 1.54) is 12.8 Å². The molecular weight excluding hydrogens is 320 g/mol. The molecule has 126 valence electrons. The quantitative estimate of drug-likeness (QED) is 0.814. The molecule has 3 rings (SSSR count). The number of benzene rings is 2. The predicted molar refractivity (Wildman–Crippen MR) is 99.4 cm³/mol. The Kier molecular flexibility index (Phi) is 5.54. The summed E-state index contributed by atoms with van der Waals surface area (Å²) in [6, 6.07) is 15.5. The van der Waals surface area contributed by atoms with Gasteiger partial charge in [-0.25, -0.2) is 0 Å². The Morgan fingerprint density at radius 3 is 2.50 bits per heavy atom. The van der Waals surface area contributed by atoms with E-state index < -0.39 is 0 Å². The molecule has 0 spiro atoms. The number of amides is 1. The highest BCUT2D eigenvalue weighted by molar-refractivity contribution is 6.31. The Bertz CT molecular complexity index is 696. The Labute approximate surface area is 148 Å². The Morgan fingerprint density at radius 2 is 1.83 bits per heavy atom. The standard InChI is InChI=1S/C20H23ClN2O/c1-14-11-12-17(13-18(14)21)23-20(24)19(15-7-3-2-4-8-15)22-16-9-5-6-10-16/h2-4,7-8,11-13,16,19,22H,5-6,9-10H2,1H3,(H,23,24). The lowest BCUT2D eigenvalue weighted by atomic mass is 10.0. The summed E-state index contributed by atoms with van der Waals surface area (Å²) < 4.78 is 0. The van der Waals surface area contributed by atoms with Crippen LogP contribution in [0.5, 0.6) is 0 Å². The van der Waals surface area contributed by atoms with Crippen molar-refractivity contribution in [2.75, 3.05) is 5.32 Å². The molecule has 1 unspecified atom stereocenters. The van der Waals surface area contributed by atoms with Crippen LogP contribution in [-0.2, 0) is 4.79 Å². The van der Waals surface area contributed by atoms with Gasteiger partial charge in [-0.3, -0.25) is 10.1 Å². The molecule has 2 aromatic carbocycles. The third-order valence-corrected chi connectivity index (χ3v) is 5.00. The minimum atomic E-state index is -0.352. The lowest BCUT2D eigenvalue weighted by Crippen LogP contribution is -2.38. The summed E-state index contributed by atoms with van der Waals surface area (Å²) in [5.74, 6) is -0.0481. The van der Waals surface area contributed by atoms with Gasteiger partial charge in [0.15, 0.2) is 0 Å². The SMILES string of the molecule is Cc1ccc(NC(=O)C(NC2CCCC2)c2ccccc2)cc1Cl. The third-order valence-electron chi connectivity index (χ3n) is 4.59. The first-order valence-electron chi connectivity index (χ1n) is 8.51. The molecule has 2 aromatic rings. The minimum absolute atomic E-state index is 0.0481. The summed E-state index contributed by atoms with van der Waals surface area (Å²) in [7, 11) is 0. The largest absolute Gasteiger partial charge is 0.324 e. The summed E-state index contributed by atoms with van der Waals surface area (Å²) in [5.41, 5.74) is 2.71. The van der Waals surface area contributed by atoms with E-state index in [1.807, 2.05) is 49.4 Å². The molecule has 0 aliphatic heterocycles. The van der Waals surface area contributed by atoms with E-state index in [4.69, 9.17) is 11.6 Å². The fourth-order valence-corrected chi connectivity index (χ4v) is 3.36. The van der Waals surface area contributed by atoms with Crippen molar-refractivity contribution in [1.29, 1.82) is 0 Å². The molecule has 1 aliphatic carbocycles. The van der Waals surface area contributed by atoms with Crippen molar-refractivity contribution in [2.45, 2.75) is 44.7 Å². The summed E-state index contributed by atoms with van der Waals surface area (Å²) in [4.78, 5) is 12.9. The van der Waals surface area contributed by atoms with Gasteiger partial charge in [0.05, 0.1) is 0 Å². The van der Waals surface area contributed by atoms with Crippen molar-refractivity contribution in [2.24, 2.45) is 0 Å². The molecule has 1 amide bonds. The molecule has 1 saturated carbocycles. The van der Waals surface area contributed by atoms with Crippen LogP contribution in [0.2, 0.25) is 5.02 Å². The van der Waals surface area contributed by atoms with Crippen LogP contribution < -0.4 is 10.6 Å². The first-order valence-corrected chi connectivity index (χ1v) is 8.89. The molecule has 4 heteroatoms. The molecule has 2 N–H and O–H groups in total. The summed E-state index contributed by atoms with van der Waals surface area (Å²) in [5, 5.41) is 7.19. The van der Waals surface area contributed by atoms with Crippen molar-refractivity contribution in [3.8, 4) is 0 Å². The lowest BCUT2D eigenvalue weighted by molar-refractivity contribution is -0.118. The van der Waals surface area contributed by atoms with Crippen LogP contribution in [0.25, 0.3) is 0 Å². The van der Waals surface area contributed by atoms with Gasteiger partial charge >= 0.3 is 0 Å². The van der Waals surface area contributed by atoms with Gasteiger partial charge < -0.3 is 5.32 Å². The van der Waals surface area contributed by atoms with Crippen LogP contribution in [0, 0.1) is 6.92 Å². The highest BCUT2D eigenvalue weighted by Crippen LogP contribution is 2.25. The Morgan fingerprint density at radius 1 is 1.12 bits per heavy atom. The molecule has 0 radical (unpaired) electrons. The van der Waals surface area contributed by atoms with Gasteiger partial charge in [-0.1, -0.05) is 60.8 Å². The Hall–Kier alpha value is -1.84. The van der Waals surface area contributed by atoms with Gasteiger partial charge in [0.2, 0.25) is 5.91 Å². The van der Waals surface area contributed by atoms with E-state index in [1.54, 1.807) is 6.07 Å². The van der Waals surface area contributed by atoms with E-state index >= 15 is 0 Å². The second-order valence-corrected chi connectivity index (χ2v) is 6.85. The molecule has 24 heavy (non-hydrogen) atoms. The number of aryl methyl sites for hydroxylation is 1. The molecule has 1 fully saturated rings. The highest BCUT2D eigenvalue weighted by atomic mass is 35.5. The van der Waals surface area contributed by atoms with E-state index in [-0.39, 0.29) is 11.9 Å². The summed E-state index contributed by atoms with van der Waals surface area (Å²) >= 11 is 6.16. The van der Waals surface area contributed by atoms with Crippen molar-refractivity contribution < 1.29 is 4.79 Å². The second-order valence-electron chi connectivity index (χ2n) is 6.44. The maximum atomic E-state index is 12.9. The normalized spacial score (nSPS) is 16.1. The first kappa shape index (κ1) is 17.0. The average Bonchev–Trinajstić information content (AvgIpc) is 3.10. The Balaban J connectivity index is 1.78. The van der Waals surface area contributed by atoms with Gasteiger partial charge in [-0.15, -0.1) is 0 Å². The smallest absolute Gasteiger partial charge is 0.246 e. The summed E-state index contributed by atoms with van der Waals surface area (Å²) in [6.45, 7) is 1.95. The van der Waals surface area contributed by atoms with Gasteiger partial charge in [0.1, 0.15) is 6.04 Å². The second kappa shape index (κ2) is 7.82. The number of anilines is 1. The molecule has 0 heterocycles. The fraction of sp³-hybridized carbons (Fsp3) is 0.350.